The highest BCUT2D eigenvalue weighted by Gasteiger charge is 2.34. The van der Waals surface area contributed by atoms with Gasteiger partial charge in [-0.2, -0.15) is 0 Å². The van der Waals surface area contributed by atoms with Crippen LogP contribution in [-0.4, -0.2) is 72.8 Å². The van der Waals surface area contributed by atoms with Crippen LogP contribution in [0.4, 0.5) is 0 Å². The Morgan fingerprint density at radius 3 is 2.54 bits per heavy atom. The number of benzene rings is 1. The van der Waals surface area contributed by atoms with Crippen molar-refractivity contribution in [3.63, 3.8) is 0 Å². The Bertz CT molecular complexity index is 905. The van der Waals surface area contributed by atoms with Crippen molar-refractivity contribution in [1.82, 2.24) is 14.8 Å². The van der Waals surface area contributed by atoms with E-state index >= 15 is 0 Å². The first-order chi connectivity index (χ1) is 13.5. The number of rotatable bonds is 5. The van der Waals surface area contributed by atoms with E-state index in [2.05, 4.69) is 9.88 Å². The molecule has 0 bridgehead atoms. The molecule has 4 rings (SSSR count). The number of amides is 1. The number of sulfone groups is 1. The second kappa shape index (κ2) is 8.18. The summed E-state index contributed by atoms with van der Waals surface area (Å²) in [5.74, 6) is 1.25. The Labute approximate surface area is 168 Å². The minimum atomic E-state index is -2.88. The average molecular weight is 422 g/mol. The molecule has 0 radical (unpaired) electrons. The molecule has 0 N–H and O–H groups in total. The molecule has 1 aromatic heterocycles. The van der Waals surface area contributed by atoms with E-state index in [4.69, 9.17) is 4.74 Å². The second-order valence-corrected chi connectivity index (χ2v) is 10.1. The highest BCUT2D eigenvalue weighted by Crippen LogP contribution is 2.21. The highest BCUT2D eigenvalue weighted by atomic mass is 32.2. The quantitative estimate of drug-likeness (QED) is 0.731. The SMILES string of the molecule is O=C(c1ccc(OCc2cscn2)cc1)N1CCN(C2CCS(=O)(=O)C2)CC1. The number of carbonyl (C=O) groups excluding carboxylic acids is 1. The van der Waals surface area contributed by atoms with E-state index in [1.165, 1.54) is 11.3 Å². The maximum Gasteiger partial charge on any atom is 0.253 e. The predicted molar refractivity (Wildman–Crippen MR) is 107 cm³/mol. The molecule has 28 heavy (non-hydrogen) atoms. The molecule has 9 heteroatoms. The molecule has 0 spiro atoms. The van der Waals surface area contributed by atoms with Crippen molar-refractivity contribution >= 4 is 27.1 Å². The number of aromatic nitrogens is 1. The summed E-state index contributed by atoms with van der Waals surface area (Å²) in [6, 6.07) is 7.29. The van der Waals surface area contributed by atoms with Crippen LogP contribution < -0.4 is 4.74 Å². The minimum absolute atomic E-state index is 0.00439. The molecule has 0 aliphatic carbocycles. The van der Waals surface area contributed by atoms with E-state index in [0.717, 1.165) is 18.8 Å². The van der Waals surface area contributed by atoms with Gasteiger partial charge < -0.3 is 9.64 Å². The van der Waals surface area contributed by atoms with Gasteiger partial charge in [-0.3, -0.25) is 9.69 Å². The van der Waals surface area contributed by atoms with E-state index in [1.807, 2.05) is 10.3 Å². The van der Waals surface area contributed by atoms with Gasteiger partial charge in [-0.15, -0.1) is 11.3 Å². The van der Waals surface area contributed by atoms with Crippen molar-refractivity contribution in [3.8, 4) is 5.75 Å². The van der Waals surface area contributed by atoms with Crippen LogP contribution in [0.15, 0.2) is 35.2 Å². The first-order valence-electron chi connectivity index (χ1n) is 9.34. The average Bonchev–Trinajstić information content (AvgIpc) is 3.36. The van der Waals surface area contributed by atoms with Gasteiger partial charge in [0.2, 0.25) is 0 Å². The Balaban J connectivity index is 1.29. The molecule has 150 valence electrons. The Morgan fingerprint density at radius 1 is 1.18 bits per heavy atom. The number of ether oxygens (including phenoxy) is 1. The van der Waals surface area contributed by atoms with Crippen LogP contribution in [0.3, 0.4) is 0 Å². The van der Waals surface area contributed by atoms with Crippen molar-refractivity contribution in [2.24, 2.45) is 0 Å². The van der Waals surface area contributed by atoms with Gasteiger partial charge in [0.05, 0.1) is 22.7 Å². The van der Waals surface area contributed by atoms with Crippen molar-refractivity contribution in [2.75, 3.05) is 37.7 Å². The van der Waals surface area contributed by atoms with Gasteiger partial charge >= 0.3 is 0 Å². The fraction of sp³-hybridized carbons (Fsp3) is 0.474. The summed E-state index contributed by atoms with van der Waals surface area (Å²) in [6.45, 7) is 3.10. The normalized spacial score (nSPS) is 22.3. The molecule has 3 heterocycles. The number of carbonyl (C=O) groups is 1. The van der Waals surface area contributed by atoms with Crippen LogP contribution in [-0.2, 0) is 16.4 Å². The van der Waals surface area contributed by atoms with Gasteiger partial charge in [-0.25, -0.2) is 13.4 Å². The summed E-state index contributed by atoms with van der Waals surface area (Å²) >= 11 is 1.53. The molecule has 2 aliphatic rings. The number of hydrogen-bond donors (Lipinski definition) is 0. The monoisotopic (exact) mass is 421 g/mol. The third kappa shape index (κ3) is 4.53. The first kappa shape index (κ1) is 19.4. The largest absolute Gasteiger partial charge is 0.487 e. The number of nitrogens with zero attached hydrogens (tertiary/aromatic N) is 3. The molecule has 2 aliphatic heterocycles. The molecule has 1 unspecified atom stereocenters. The van der Waals surface area contributed by atoms with Gasteiger partial charge in [0.15, 0.2) is 9.84 Å². The van der Waals surface area contributed by atoms with Crippen molar-refractivity contribution in [2.45, 2.75) is 19.1 Å². The molecular weight excluding hydrogens is 398 g/mol. The zero-order valence-electron chi connectivity index (χ0n) is 15.5. The first-order valence-corrected chi connectivity index (χ1v) is 12.1. The Morgan fingerprint density at radius 2 is 1.93 bits per heavy atom. The summed E-state index contributed by atoms with van der Waals surface area (Å²) in [5.41, 5.74) is 3.29. The van der Waals surface area contributed by atoms with Gasteiger partial charge in [0.1, 0.15) is 12.4 Å². The van der Waals surface area contributed by atoms with Gasteiger partial charge in [-0.1, -0.05) is 0 Å². The summed E-state index contributed by atoms with van der Waals surface area (Å²) in [7, 11) is -2.88. The van der Waals surface area contributed by atoms with E-state index in [0.29, 0.717) is 37.4 Å². The van der Waals surface area contributed by atoms with Crippen LogP contribution in [0.2, 0.25) is 0 Å². The summed E-state index contributed by atoms with van der Waals surface area (Å²) < 4.78 is 29.0. The summed E-state index contributed by atoms with van der Waals surface area (Å²) in [5, 5.41) is 1.94. The number of piperazine rings is 1. The van der Waals surface area contributed by atoms with Crippen molar-refractivity contribution in [1.29, 1.82) is 0 Å². The van der Waals surface area contributed by atoms with Crippen LogP contribution in [0.5, 0.6) is 5.75 Å². The molecule has 0 saturated carbocycles. The number of hydrogen-bond acceptors (Lipinski definition) is 7. The van der Waals surface area contributed by atoms with Crippen LogP contribution in [0, 0.1) is 0 Å². The topological polar surface area (TPSA) is 79.8 Å². The van der Waals surface area contributed by atoms with Crippen LogP contribution >= 0.6 is 11.3 Å². The van der Waals surface area contributed by atoms with E-state index < -0.39 is 9.84 Å². The summed E-state index contributed by atoms with van der Waals surface area (Å²) in [4.78, 5) is 21.0. The molecule has 2 aromatic rings. The standard InChI is InChI=1S/C19H23N3O4S2/c23-19(15-1-3-18(4-2-15)26-11-16-12-27-14-20-16)22-8-6-21(7-9-22)17-5-10-28(24,25)13-17/h1-4,12,14,17H,5-11,13H2. The molecule has 7 nitrogen and oxygen atoms in total. The fourth-order valence-electron chi connectivity index (χ4n) is 3.70. The fourth-order valence-corrected chi connectivity index (χ4v) is 6.00. The smallest absolute Gasteiger partial charge is 0.253 e. The van der Waals surface area contributed by atoms with Gasteiger partial charge in [0, 0.05) is 43.2 Å². The lowest BCUT2D eigenvalue weighted by Crippen LogP contribution is -2.52. The van der Waals surface area contributed by atoms with E-state index in [9.17, 15) is 13.2 Å². The Kier molecular flexibility index (Phi) is 5.65. The molecule has 1 atom stereocenters. The van der Waals surface area contributed by atoms with Crippen LogP contribution in [0.25, 0.3) is 0 Å². The second-order valence-electron chi connectivity index (χ2n) is 7.18. The maximum atomic E-state index is 12.7. The lowest BCUT2D eigenvalue weighted by atomic mass is 10.1. The highest BCUT2D eigenvalue weighted by molar-refractivity contribution is 7.91. The third-order valence-corrected chi connectivity index (χ3v) is 7.68. The van der Waals surface area contributed by atoms with Crippen molar-refractivity contribution in [3.05, 3.63) is 46.4 Å². The maximum absolute atomic E-state index is 12.7. The Hall–Kier alpha value is -1.97. The van der Waals surface area contributed by atoms with Gasteiger partial charge in [0.25, 0.3) is 5.91 Å². The number of thiazole rings is 1. The molecule has 1 amide bonds. The molecule has 1 aromatic carbocycles. The lowest BCUT2D eigenvalue weighted by molar-refractivity contribution is 0.0588. The molecular formula is C19H23N3O4S2. The predicted octanol–water partition coefficient (Wildman–Crippen LogP) is 1.67. The molecule has 2 saturated heterocycles. The summed E-state index contributed by atoms with van der Waals surface area (Å²) in [6.07, 6.45) is 0.707. The van der Waals surface area contributed by atoms with Crippen LogP contribution in [0.1, 0.15) is 22.5 Å². The third-order valence-electron chi connectivity index (χ3n) is 5.30. The van der Waals surface area contributed by atoms with Gasteiger partial charge in [-0.05, 0) is 30.7 Å². The minimum Gasteiger partial charge on any atom is -0.487 e. The zero-order chi connectivity index (χ0) is 19.6. The zero-order valence-corrected chi connectivity index (χ0v) is 17.1. The van der Waals surface area contributed by atoms with E-state index in [-0.39, 0.29) is 23.5 Å². The van der Waals surface area contributed by atoms with E-state index in [1.54, 1.807) is 29.8 Å². The van der Waals surface area contributed by atoms with Crippen molar-refractivity contribution < 1.29 is 17.9 Å². The lowest BCUT2D eigenvalue weighted by Gasteiger charge is -2.37. The molecule has 2 fully saturated rings.